The van der Waals surface area contributed by atoms with Crippen molar-refractivity contribution in [3.63, 3.8) is 0 Å². The average molecular weight is 284 g/mol. The van der Waals surface area contributed by atoms with Crippen LogP contribution in [0.5, 0.6) is 0 Å². The van der Waals surface area contributed by atoms with Gasteiger partial charge in [-0.25, -0.2) is 0 Å². The monoisotopic (exact) mass is 284 g/mol. The summed E-state index contributed by atoms with van der Waals surface area (Å²) in [7, 11) is 0. The lowest BCUT2D eigenvalue weighted by Gasteiger charge is -2.06. The van der Waals surface area contributed by atoms with Crippen molar-refractivity contribution in [1.29, 1.82) is 0 Å². The van der Waals surface area contributed by atoms with E-state index in [9.17, 15) is 4.79 Å². The zero-order valence-corrected chi connectivity index (χ0v) is 12.8. The van der Waals surface area contributed by atoms with Crippen LogP contribution in [0.2, 0.25) is 0 Å². The number of rotatable bonds is 8. The van der Waals surface area contributed by atoms with Crippen molar-refractivity contribution in [3.05, 3.63) is 48.0 Å². The number of esters is 1. The molecule has 0 saturated heterocycles. The molecular weight excluding hydrogens is 260 g/mol. The number of hydrogen-bond donors (Lipinski definition) is 0. The van der Waals surface area contributed by atoms with Crippen LogP contribution in [-0.2, 0) is 16.0 Å². The number of unbranched alkanes of at least 4 members (excludes halogenated alkanes) is 4. The van der Waals surface area contributed by atoms with Crippen LogP contribution < -0.4 is 0 Å². The van der Waals surface area contributed by atoms with Crippen molar-refractivity contribution < 1.29 is 9.53 Å². The van der Waals surface area contributed by atoms with Gasteiger partial charge in [0.2, 0.25) is 0 Å². The quantitative estimate of drug-likeness (QED) is 0.509. The van der Waals surface area contributed by atoms with Crippen molar-refractivity contribution in [3.8, 4) is 0 Å². The molecule has 0 spiro atoms. The molecule has 21 heavy (non-hydrogen) atoms. The van der Waals surface area contributed by atoms with Gasteiger partial charge in [-0.15, -0.1) is 0 Å². The van der Waals surface area contributed by atoms with E-state index in [-0.39, 0.29) is 5.97 Å². The Hall–Kier alpha value is -1.83. The van der Waals surface area contributed by atoms with Crippen molar-refractivity contribution in [2.45, 2.75) is 45.4 Å². The Morgan fingerprint density at radius 1 is 0.952 bits per heavy atom. The van der Waals surface area contributed by atoms with Gasteiger partial charge >= 0.3 is 5.97 Å². The Morgan fingerprint density at radius 3 is 2.52 bits per heavy atom. The summed E-state index contributed by atoms with van der Waals surface area (Å²) in [6, 6.07) is 14.3. The Balaban J connectivity index is 1.76. The Morgan fingerprint density at radius 2 is 1.71 bits per heavy atom. The second-order valence-electron chi connectivity index (χ2n) is 5.49. The molecule has 0 unspecified atom stereocenters. The largest absolute Gasteiger partial charge is 0.465 e. The molecule has 2 aromatic rings. The second-order valence-corrected chi connectivity index (χ2v) is 5.49. The minimum absolute atomic E-state index is 0.124. The number of carbonyl (C=O) groups excluding carboxylic acids is 1. The normalized spacial score (nSPS) is 10.7. The molecule has 0 N–H and O–H groups in total. The van der Waals surface area contributed by atoms with Crippen LogP contribution in [0.4, 0.5) is 0 Å². The fourth-order valence-electron chi connectivity index (χ4n) is 2.46. The molecule has 0 atom stereocenters. The third-order valence-electron chi connectivity index (χ3n) is 3.67. The van der Waals surface area contributed by atoms with Gasteiger partial charge in [0.05, 0.1) is 13.0 Å². The van der Waals surface area contributed by atoms with Crippen molar-refractivity contribution in [2.75, 3.05) is 6.61 Å². The summed E-state index contributed by atoms with van der Waals surface area (Å²) >= 11 is 0. The van der Waals surface area contributed by atoms with Crippen molar-refractivity contribution in [1.82, 2.24) is 0 Å². The molecule has 0 saturated carbocycles. The van der Waals surface area contributed by atoms with Crippen LogP contribution in [0.15, 0.2) is 42.5 Å². The molecule has 0 heterocycles. The fraction of sp³-hybridized carbons (Fsp3) is 0.421. The van der Waals surface area contributed by atoms with Crippen molar-refractivity contribution >= 4 is 16.7 Å². The predicted molar refractivity (Wildman–Crippen MR) is 87.4 cm³/mol. The third kappa shape index (κ3) is 5.22. The van der Waals surface area contributed by atoms with Crippen LogP contribution in [-0.4, -0.2) is 12.6 Å². The zero-order valence-electron chi connectivity index (χ0n) is 12.8. The summed E-state index contributed by atoms with van der Waals surface area (Å²) < 4.78 is 5.30. The molecule has 0 aliphatic rings. The Bertz CT molecular complexity index is 575. The fourth-order valence-corrected chi connectivity index (χ4v) is 2.46. The molecular formula is C19H24O2. The van der Waals surface area contributed by atoms with Gasteiger partial charge < -0.3 is 4.74 Å². The van der Waals surface area contributed by atoms with Gasteiger partial charge in [-0.1, -0.05) is 75.1 Å². The number of fused-ring (bicyclic) bond motifs is 1. The van der Waals surface area contributed by atoms with Gasteiger partial charge in [-0.2, -0.15) is 0 Å². The van der Waals surface area contributed by atoms with Crippen molar-refractivity contribution in [2.24, 2.45) is 0 Å². The van der Waals surface area contributed by atoms with E-state index in [1.165, 1.54) is 30.0 Å². The molecule has 2 nitrogen and oxygen atoms in total. The minimum Gasteiger partial charge on any atom is -0.465 e. The maximum absolute atomic E-state index is 11.8. The highest BCUT2D eigenvalue weighted by molar-refractivity contribution is 5.84. The molecule has 0 fully saturated rings. The molecule has 2 rings (SSSR count). The summed E-state index contributed by atoms with van der Waals surface area (Å²) in [5, 5.41) is 2.37. The summed E-state index contributed by atoms with van der Waals surface area (Å²) in [5.41, 5.74) is 1.02. The van der Waals surface area contributed by atoms with E-state index in [1.54, 1.807) is 0 Å². The lowest BCUT2D eigenvalue weighted by Crippen LogP contribution is -2.09. The Labute approximate surface area is 127 Å². The Kier molecular flexibility index (Phi) is 6.26. The number of benzene rings is 2. The number of ether oxygens (including phenoxy) is 1. The van der Waals surface area contributed by atoms with E-state index in [1.807, 2.05) is 18.2 Å². The molecule has 2 heteroatoms. The van der Waals surface area contributed by atoms with Gasteiger partial charge in [-0.05, 0) is 22.8 Å². The van der Waals surface area contributed by atoms with E-state index in [4.69, 9.17) is 4.74 Å². The molecule has 0 radical (unpaired) electrons. The van der Waals surface area contributed by atoms with E-state index in [2.05, 4.69) is 31.2 Å². The van der Waals surface area contributed by atoms with Crippen LogP contribution in [0, 0.1) is 0 Å². The summed E-state index contributed by atoms with van der Waals surface area (Å²) in [6.07, 6.45) is 6.23. The summed E-state index contributed by atoms with van der Waals surface area (Å²) in [5.74, 6) is -0.124. The lowest BCUT2D eigenvalue weighted by atomic mass is 10.1. The topological polar surface area (TPSA) is 26.3 Å². The highest BCUT2D eigenvalue weighted by Gasteiger charge is 2.05. The highest BCUT2D eigenvalue weighted by Crippen LogP contribution is 2.16. The van der Waals surface area contributed by atoms with E-state index in [0.29, 0.717) is 13.0 Å². The number of carbonyl (C=O) groups is 1. The summed E-state index contributed by atoms with van der Waals surface area (Å²) in [6.45, 7) is 2.75. The van der Waals surface area contributed by atoms with E-state index >= 15 is 0 Å². The first-order valence-electron chi connectivity index (χ1n) is 7.93. The van der Waals surface area contributed by atoms with E-state index < -0.39 is 0 Å². The lowest BCUT2D eigenvalue weighted by molar-refractivity contribution is -0.142. The molecule has 0 amide bonds. The molecule has 0 aromatic heterocycles. The number of hydrogen-bond acceptors (Lipinski definition) is 2. The third-order valence-corrected chi connectivity index (χ3v) is 3.67. The molecule has 0 bridgehead atoms. The SMILES string of the molecule is CCCCCCCOC(=O)Cc1ccc2ccccc2c1. The molecule has 0 aliphatic carbocycles. The van der Waals surface area contributed by atoms with Crippen LogP contribution >= 0.6 is 0 Å². The first kappa shape index (κ1) is 15.6. The first-order chi connectivity index (χ1) is 10.3. The van der Waals surface area contributed by atoms with Gasteiger partial charge in [-0.3, -0.25) is 4.79 Å². The van der Waals surface area contributed by atoms with Crippen LogP contribution in [0.1, 0.15) is 44.6 Å². The minimum atomic E-state index is -0.124. The first-order valence-corrected chi connectivity index (χ1v) is 7.93. The van der Waals surface area contributed by atoms with Gasteiger partial charge in [0.1, 0.15) is 0 Å². The maximum atomic E-state index is 11.8. The average Bonchev–Trinajstić information content (AvgIpc) is 2.50. The van der Waals surface area contributed by atoms with Crippen LogP contribution in [0.25, 0.3) is 10.8 Å². The van der Waals surface area contributed by atoms with Gasteiger partial charge in [0.25, 0.3) is 0 Å². The zero-order chi connectivity index (χ0) is 14.9. The predicted octanol–water partition coefficient (Wildman–Crippen LogP) is 4.90. The maximum Gasteiger partial charge on any atom is 0.310 e. The second kappa shape index (κ2) is 8.46. The molecule has 112 valence electrons. The highest BCUT2D eigenvalue weighted by atomic mass is 16.5. The molecule has 2 aromatic carbocycles. The van der Waals surface area contributed by atoms with Crippen LogP contribution in [0.3, 0.4) is 0 Å². The van der Waals surface area contributed by atoms with Gasteiger partial charge in [0, 0.05) is 0 Å². The molecule has 0 aliphatic heterocycles. The van der Waals surface area contributed by atoms with E-state index in [0.717, 1.165) is 18.4 Å². The summed E-state index contributed by atoms with van der Waals surface area (Å²) in [4.78, 5) is 11.8. The van der Waals surface area contributed by atoms with Gasteiger partial charge in [0.15, 0.2) is 0 Å². The standard InChI is InChI=1S/C19H24O2/c1-2-3-4-5-8-13-21-19(20)15-16-11-12-17-9-6-7-10-18(17)14-16/h6-7,9-12,14H,2-5,8,13,15H2,1H3. The smallest absolute Gasteiger partial charge is 0.310 e.